The Morgan fingerprint density at radius 3 is 0.851 bits per heavy atom. The summed E-state index contributed by atoms with van der Waals surface area (Å²) in [5.74, 6) is -0.880. The van der Waals surface area contributed by atoms with Crippen LogP contribution >= 0.6 is 0 Å². The summed E-state index contributed by atoms with van der Waals surface area (Å²) in [5.41, 5.74) is 0. The van der Waals surface area contributed by atoms with Crippen molar-refractivity contribution in [2.75, 3.05) is 13.2 Å². The van der Waals surface area contributed by atoms with Gasteiger partial charge in [0.15, 0.2) is 6.10 Å². The van der Waals surface area contributed by atoms with Crippen molar-refractivity contribution in [2.24, 2.45) is 0 Å². The van der Waals surface area contributed by atoms with Gasteiger partial charge in [-0.2, -0.15) is 0 Å². The molecule has 0 aliphatic heterocycles. The van der Waals surface area contributed by atoms with E-state index in [0.717, 1.165) is 89.9 Å². The smallest absolute Gasteiger partial charge is 0.306 e. The first-order chi connectivity index (χ1) is 33.0. The fourth-order valence-electron chi connectivity index (χ4n) is 8.39. The molecule has 0 fully saturated rings. The van der Waals surface area contributed by atoms with E-state index in [9.17, 15) is 14.4 Å². The van der Waals surface area contributed by atoms with Gasteiger partial charge in [-0.25, -0.2) is 0 Å². The van der Waals surface area contributed by atoms with E-state index in [-0.39, 0.29) is 31.1 Å². The second-order valence-corrected chi connectivity index (χ2v) is 19.6. The Kier molecular flexibility index (Phi) is 53.8. The van der Waals surface area contributed by atoms with Crippen molar-refractivity contribution in [3.63, 3.8) is 0 Å². The van der Waals surface area contributed by atoms with Gasteiger partial charge >= 0.3 is 17.9 Å². The van der Waals surface area contributed by atoms with Gasteiger partial charge in [0, 0.05) is 19.3 Å². The lowest BCUT2D eigenvalue weighted by Crippen LogP contribution is -2.30. The molecule has 0 aliphatic carbocycles. The number of allylic oxidation sites excluding steroid dienone is 8. The molecule has 0 N–H and O–H groups in total. The number of esters is 3. The van der Waals surface area contributed by atoms with Crippen molar-refractivity contribution in [2.45, 2.75) is 309 Å². The van der Waals surface area contributed by atoms with Crippen LogP contribution in [-0.2, 0) is 28.6 Å². The lowest BCUT2D eigenvalue weighted by Gasteiger charge is -2.18. The highest BCUT2D eigenvalue weighted by Crippen LogP contribution is 2.16. The van der Waals surface area contributed by atoms with Crippen LogP contribution in [0.3, 0.4) is 0 Å². The Hall–Kier alpha value is -2.63. The summed E-state index contributed by atoms with van der Waals surface area (Å²) in [4.78, 5) is 38.2. The second kappa shape index (κ2) is 56.0. The molecule has 0 aromatic rings. The van der Waals surface area contributed by atoms with Crippen molar-refractivity contribution in [1.29, 1.82) is 0 Å². The number of rotatable bonds is 53. The van der Waals surface area contributed by atoms with Gasteiger partial charge in [0.2, 0.25) is 0 Å². The summed E-state index contributed by atoms with van der Waals surface area (Å²) >= 11 is 0. The lowest BCUT2D eigenvalue weighted by molar-refractivity contribution is -0.167. The van der Waals surface area contributed by atoms with Crippen LogP contribution in [0.5, 0.6) is 0 Å². The van der Waals surface area contributed by atoms with Crippen LogP contribution in [0.2, 0.25) is 0 Å². The zero-order chi connectivity index (χ0) is 48.6. The molecule has 0 saturated heterocycles. The molecule has 0 unspecified atom stereocenters. The average molecular weight is 940 g/mol. The zero-order valence-corrected chi connectivity index (χ0v) is 44.7. The molecule has 390 valence electrons. The number of hydrogen-bond donors (Lipinski definition) is 0. The standard InChI is InChI=1S/C61H110O6/c1-4-7-10-13-16-19-22-25-28-29-30-31-34-36-39-42-45-48-51-54-60(63)66-57-58(67-61(64)55-52-49-46-43-40-37-33-27-24-21-18-15-12-9-6-3)56-65-59(62)53-50-47-44-41-38-35-32-26-23-20-17-14-11-8-5-2/h16,18-19,21,25,27-28,33,58H,4-15,17,20,22-24,26,29-32,34-57H2,1-3H3/b19-16+,21-18+,28-25+,33-27+/t58-/m1/s1. The van der Waals surface area contributed by atoms with Crippen LogP contribution in [0, 0.1) is 0 Å². The quantitative estimate of drug-likeness (QED) is 0.0262. The second-order valence-electron chi connectivity index (χ2n) is 19.6. The molecule has 0 bridgehead atoms. The van der Waals surface area contributed by atoms with Gasteiger partial charge in [-0.1, -0.05) is 249 Å². The number of unbranched alkanes of at least 4 members (excludes halogenated alkanes) is 34. The van der Waals surface area contributed by atoms with Gasteiger partial charge in [0.1, 0.15) is 13.2 Å². The Balaban J connectivity index is 4.36. The van der Waals surface area contributed by atoms with E-state index in [2.05, 4.69) is 69.4 Å². The molecular formula is C61H110O6. The topological polar surface area (TPSA) is 78.9 Å². The third kappa shape index (κ3) is 54.2. The third-order valence-electron chi connectivity index (χ3n) is 12.8. The highest BCUT2D eigenvalue weighted by Gasteiger charge is 2.19. The molecule has 67 heavy (non-hydrogen) atoms. The van der Waals surface area contributed by atoms with E-state index in [4.69, 9.17) is 14.2 Å². The summed E-state index contributed by atoms with van der Waals surface area (Å²) < 4.78 is 16.9. The predicted molar refractivity (Wildman–Crippen MR) is 289 cm³/mol. The molecular weight excluding hydrogens is 829 g/mol. The van der Waals surface area contributed by atoms with Crippen LogP contribution in [0.15, 0.2) is 48.6 Å². The molecule has 0 aliphatic rings. The van der Waals surface area contributed by atoms with E-state index in [1.54, 1.807) is 0 Å². The van der Waals surface area contributed by atoms with Gasteiger partial charge in [0.05, 0.1) is 0 Å². The van der Waals surface area contributed by atoms with Crippen LogP contribution in [-0.4, -0.2) is 37.2 Å². The monoisotopic (exact) mass is 939 g/mol. The first-order valence-electron chi connectivity index (χ1n) is 29.1. The molecule has 6 nitrogen and oxygen atoms in total. The fraction of sp³-hybridized carbons (Fsp3) is 0.820. The molecule has 0 rings (SSSR count). The van der Waals surface area contributed by atoms with Gasteiger partial charge < -0.3 is 14.2 Å². The Morgan fingerprint density at radius 1 is 0.299 bits per heavy atom. The molecule has 0 saturated carbocycles. The van der Waals surface area contributed by atoms with Gasteiger partial charge in [-0.3, -0.25) is 14.4 Å². The van der Waals surface area contributed by atoms with Crippen molar-refractivity contribution < 1.29 is 28.6 Å². The van der Waals surface area contributed by atoms with Crippen molar-refractivity contribution in [1.82, 2.24) is 0 Å². The molecule has 0 heterocycles. The normalized spacial score (nSPS) is 12.3. The molecule has 0 amide bonds. The minimum atomic E-state index is -0.780. The SMILES string of the molecule is CCCCC/C=C/C/C=C/CCCCCCCCCCCC(=O)OC[C@@H](COC(=O)CCCCCCCCCCCCCCCCC)OC(=O)CCCCCCC/C=C/C/C=C/CCCCC. The highest BCUT2D eigenvalue weighted by atomic mass is 16.6. The van der Waals surface area contributed by atoms with Crippen molar-refractivity contribution in [3.8, 4) is 0 Å². The summed E-state index contributed by atoms with van der Waals surface area (Å²) in [5, 5.41) is 0. The molecule has 1 atom stereocenters. The highest BCUT2D eigenvalue weighted by molar-refractivity contribution is 5.71. The maximum Gasteiger partial charge on any atom is 0.306 e. The number of carbonyl (C=O) groups is 3. The summed E-state index contributed by atoms with van der Waals surface area (Å²) in [6.45, 7) is 6.61. The predicted octanol–water partition coefficient (Wildman–Crippen LogP) is 19.4. The summed E-state index contributed by atoms with van der Waals surface area (Å²) in [6, 6.07) is 0. The number of hydrogen-bond acceptors (Lipinski definition) is 6. The fourth-order valence-corrected chi connectivity index (χ4v) is 8.39. The van der Waals surface area contributed by atoms with E-state index >= 15 is 0 Å². The van der Waals surface area contributed by atoms with Crippen molar-refractivity contribution in [3.05, 3.63) is 48.6 Å². The van der Waals surface area contributed by atoms with Crippen LogP contribution in [0.25, 0.3) is 0 Å². The maximum absolute atomic E-state index is 12.8. The molecule has 0 radical (unpaired) electrons. The Labute approximate surface area is 416 Å². The first-order valence-corrected chi connectivity index (χ1v) is 29.1. The minimum absolute atomic E-state index is 0.0771. The zero-order valence-electron chi connectivity index (χ0n) is 44.7. The summed E-state index contributed by atoms with van der Waals surface area (Å²) in [6.07, 6.45) is 68.1. The van der Waals surface area contributed by atoms with Gasteiger partial charge in [0.25, 0.3) is 0 Å². The van der Waals surface area contributed by atoms with Crippen LogP contribution < -0.4 is 0 Å². The minimum Gasteiger partial charge on any atom is -0.462 e. The molecule has 6 heteroatoms. The summed E-state index contributed by atoms with van der Waals surface area (Å²) in [7, 11) is 0. The average Bonchev–Trinajstić information content (AvgIpc) is 3.33. The van der Waals surface area contributed by atoms with E-state index in [1.165, 1.54) is 173 Å². The molecule has 0 aromatic heterocycles. The third-order valence-corrected chi connectivity index (χ3v) is 12.8. The van der Waals surface area contributed by atoms with Gasteiger partial charge in [-0.05, 0) is 83.5 Å². The molecule has 0 spiro atoms. The van der Waals surface area contributed by atoms with E-state index in [1.807, 2.05) is 0 Å². The van der Waals surface area contributed by atoms with Crippen LogP contribution in [0.4, 0.5) is 0 Å². The molecule has 0 aromatic carbocycles. The van der Waals surface area contributed by atoms with Crippen LogP contribution in [0.1, 0.15) is 303 Å². The Morgan fingerprint density at radius 2 is 0.537 bits per heavy atom. The van der Waals surface area contributed by atoms with Gasteiger partial charge in [-0.15, -0.1) is 0 Å². The van der Waals surface area contributed by atoms with E-state index < -0.39 is 6.10 Å². The Bertz CT molecular complexity index is 1170. The first kappa shape index (κ1) is 64.4. The van der Waals surface area contributed by atoms with Crippen molar-refractivity contribution >= 4 is 17.9 Å². The van der Waals surface area contributed by atoms with E-state index in [0.29, 0.717) is 19.3 Å². The number of ether oxygens (including phenoxy) is 3. The number of carbonyl (C=O) groups excluding carboxylic acids is 3. The largest absolute Gasteiger partial charge is 0.462 e. The lowest BCUT2D eigenvalue weighted by atomic mass is 10.0. The maximum atomic E-state index is 12.8.